The van der Waals surface area contributed by atoms with E-state index >= 15 is 0 Å². The number of methoxy groups -OCH3 is 1. The van der Waals surface area contributed by atoms with E-state index in [0.29, 0.717) is 0 Å². The highest BCUT2D eigenvalue weighted by Gasteiger charge is 2.55. The zero-order valence-corrected chi connectivity index (χ0v) is 22.6. The summed E-state index contributed by atoms with van der Waals surface area (Å²) in [5.74, 6) is -1.16. The van der Waals surface area contributed by atoms with Crippen LogP contribution in [0.3, 0.4) is 0 Å². The van der Waals surface area contributed by atoms with Crippen molar-refractivity contribution in [2.45, 2.75) is 111 Å². The van der Waals surface area contributed by atoms with E-state index in [4.69, 9.17) is 33.2 Å². The molecule has 20 nitrogen and oxygen atoms in total. The first-order valence-corrected chi connectivity index (χ1v) is 13.3. The molecule has 4 aliphatic rings. The van der Waals surface area contributed by atoms with E-state index < -0.39 is 136 Å². The summed E-state index contributed by atoms with van der Waals surface area (Å²) in [7, 11) is 0.962. The number of ether oxygens (including phenoxy) is 8. The molecule has 4 rings (SSSR count). The highest BCUT2D eigenvalue weighted by molar-refractivity contribution is 5.75. The first-order valence-electron chi connectivity index (χ1n) is 13.3. The highest BCUT2D eigenvalue weighted by Crippen LogP contribution is 2.33. The quantitative estimate of drug-likeness (QED) is 0.110. The van der Waals surface area contributed by atoms with E-state index in [2.05, 4.69) is 4.74 Å². The number of hydrogen-bond donors (Lipinski definition) is 11. The molecule has 0 aromatic carbocycles. The number of hydrogen-bond acceptors (Lipinski definition) is 20. The fourth-order valence-corrected chi connectivity index (χ4v) is 5.02. The maximum Gasteiger partial charge on any atom is 0.337 e. The minimum Gasteiger partial charge on any atom is -0.467 e. The molecule has 0 saturated carbocycles. The third kappa shape index (κ3) is 7.11. The van der Waals surface area contributed by atoms with Crippen molar-refractivity contribution in [1.29, 1.82) is 0 Å². The Morgan fingerprint density at radius 3 is 1.81 bits per heavy atom. The van der Waals surface area contributed by atoms with Gasteiger partial charge in [-0.15, -0.1) is 0 Å². The fourth-order valence-electron chi connectivity index (χ4n) is 5.02. The lowest BCUT2D eigenvalue weighted by molar-refractivity contribution is -0.389. The van der Waals surface area contributed by atoms with Gasteiger partial charge in [0.15, 0.2) is 31.3 Å². The van der Waals surface area contributed by atoms with Crippen molar-refractivity contribution in [2.75, 3.05) is 26.9 Å². The van der Waals surface area contributed by atoms with Crippen molar-refractivity contribution in [2.24, 2.45) is 0 Å². The van der Waals surface area contributed by atoms with Crippen LogP contribution in [0.5, 0.6) is 0 Å². The first kappa shape index (κ1) is 34.6. The van der Waals surface area contributed by atoms with Gasteiger partial charge in [0.1, 0.15) is 79.4 Å². The van der Waals surface area contributed by atoms with Crippen molar-refractivity contribution >= 4 is 5.97 Å². The smallest absolute Gasteiger partial charge is 0.337 e. The van der Waals surface area contributed by atoms with Gasteiger partial charge in [0, 0.05) is 0 Å². The molecule has 250 valence electrons. The van der Waals surface area contributed by atoms with Crippen LogP contribution in [0.1, 0.15) is 0 Å². The SMILES string of the molecule is COC(=O)[C@H]1O[C@@H](O)[C@H](O[C@@H]2O[C@H](CO)[C@H](O)[C@H](O)[C@H]2O)[C@@H](O[C@@H]2OC[C@H](O)[C@H](O)[C@H]2O[C@@H]2OC[C@@H](O)[C@H](O)[C@H]2O)[C@@H]1O. The van der Waals surface area contributed by atoms with Crippen LogP contribution >= 0.6 is 0 Å². The molecule has 0 radical (unpaired) electrons. The molecule has 0 bridgehead atoms. The molecule has 0 aliphatic carbocycles. The zero-order valence-electron chi connectivity index (χ0n) is 22.6. The summed E-state index contributed by atoms with van der Waals surface area (Å²) >= 11 is 0. The molecule has 4 heterocycles. The molecule has 0 aromatic heterocycles. The van der Waals surface area contributed by atoms with E-state index in [0.717, 1.165) is 7.11 Å². The summed E-state index contributed by atoms with van der Waals surface area (Å²) in [5, 5.41) is 113. The number of carbonyl (C=O) groups excluding carboxylic acids is 1. The molecule has 0 spiro atoms. The van der Waals surface area contributed by atoms with Crippen molar-refractivity contribution in [3.63, 3.8) is 0 Å². The average Bonchev–Trinajstić information content (AvgIpc) is 2.99. The van der Waals surface area contributed by atoms with Gasteiger partial charge < -0.3 is 94.1 Å². The van der Waals surface area contributed by atoms with Gasteiger partial charge in [-0.1, -0.05) is 0 Å². The average molecular weight is 635 g/mol. The Labute approximate surface area is 243 Å². The van der Waals surface area contributed by atoms with Gasteiger partial charge in [-0.25, -0.2) is 4.79 Å². The number of aliphatic hydroxyl groups is 11. The fraction of sp³-hybridized carbons (Fsp3) is 0.957. The standard InChI is InChI=1S/C23H38O20/c1-36-19(34)16-14(33)15(18(20(35)40-16)43-22-13(32)11(30)10(29)7(2-24)39-22)41-23-17(9(28)6(26)4-38-23)42-21-12(31)8(27)5(25)3-37-21/h5-18,20-33,35H,2-4H2,1H3/t5-,6+,7-,8+,9+,10+,11+,12-,13-,14+,15+,16+,17-,18-,20-,21+,22+,23+/m1/s1. The second kappa shape index (κ2) is 14.5. The van der Waals surface area contributed by atoms with Crippen molar-refractivity contribution in [3.05, 3.63) is 0 Å². The molecular weight excluding hydrogens is 596 g/mol. The topological polar surface area (TPSA) is 313 Å². The highest BCUT2D eigenvalue weighted by atomic mass is 16.8. The van der Waals surface area contributed by atoms with Crippen LogP contribution in [0.4, 0.5) is 0 Å². The molecule has 43 heavy (non-hydrogen) atoms. The van der Waals surface area contributed by atoms with E-state index in [1.54, 1.807) is 0 Å². The van der Waals surface area contributed by atoms with Crippen LogP contribution in [0.15, 0.2) is 0 Å². The van der Waals surface area contributed by atoms with Gasteiger partial charge in [-0.3, -0.25) is 0 Å². The molecule has 0 amide bonds. The Balaban J connectivity index is 1.60. The summed E-state index contributed by atoms with van der Waals surface area (Å²) in [4.78, 5) is 12.3. The van der Waals surface area contributed by atoms with E-state index in [1.807, 2.05) is 0 Å². The second-order valence-electron chi connectivity index (χ2n) is 10.5. The summed E-state index contributed by atoms with van der Waals surface area (Å²) in [5.41, 5.74) is 0. The minimum atomic E-state index is -2.14. The Kier molecular flexibility index (Phi) is 11.6. The number of esters is 1. The molecule has 11 N–H and O–H groups in total. The Hall–Kier alpha value is -1.25. The maximum atomic E-state index is 12.3. The largest absolute Gasteiger partial charge is 0.467 e. The molecule has 18 atom stereocenters. The third-order valence-electron chi connectivity index (χ3n) is 7.58. The molecule has 0 unspecified atom stereocenters. The Morgan fingerprint density at radius 1 is 0.628 bits per heavy atom. The van der Waals surface area contributed by atoms with Crippen molar-refractivity contribution < 1.29 is 98.9 Å². The van der Waals surface area contributed by atoms with Crippen molar-refractivity contribution in [3.8, 4) is 0 Å². The lowest BCUT2D eigenvalue weighted by atomic mass is 9.96. The second-order valence-corrected chi connectivity index (χ2v) is 10.5. The predicted octanol–water partition coefficient (Wildman–Crippen LogP) is -8.29. The van der Waals surface area contributed by atoms with Gasteiger partial charge in [0.2, 0.25) is 0 Å². The molecular formula is C23H38O20. The monoisotopic (exact) mass is 634 g/mol. The first-order chi connectivity index (χ1) is 20.3. The molecule has 20 heteroatoms. The van der Waals surface area contributed by atoms with Crippen LogP contribution in [-0.2, 0) is 42.7 Å². The molecule has 4 fully saturated rings. The van der Waals surface area contributed by atoms with Crippen LogP contribution in [0, 0.1) is 0 Å². The van der Waals surface area contributed by atoms with Gasteiger partial charge in [0.25, 0.3) is 0 Å². The van der Waals surface area contributed by atoms with Crippen LogP contribution in [0.25, 0.3) is 0 Å². The summed E-state index contributed by atoms with van der Waals surface area (Å²) in [6.45, 7) is -1.87. The third-order valence-corrected chi connectivity index (χ3v) is 7.58. The summed E-state index contributed by atoms with van der Waals surface area (Å²) in [6.07, 6.45) is -32.4. The zero-order chi connectivity index (χ0) is 31.7. The van der Waals surface area contributed by atoms with Crippen LogP contribution < -0.4 is 0 Å². The number of carbonyl (C=O) groups is 1. The van der Waals surface area contributed by atoms with Gasteiger partial charge >= 0.3 is 5.97 Å². The van der Waals surface area contributed by atoms with Crippen LogP contribution in [0.2, 0.25) is 0 Å². The lowest BCUT2D eigenvalue weighted by Gasteiger charge is -2.48. The van der Waals surface area contributed by atoms with Crippen LogP contribution in [-0.4, -0.2) is 200 Å². The molecule has 0 aromatic rings. The van der Waals surface area contributed by atoms with Gasteiger partial charge in [-0.05, 0) is 0 Å². The summed E-state index contributed by atoms with van der Waals surface area (Å²) < 4.78 is 42.6. The Morgan fingerprint density at radius 2 is 1.19 bits per heavy atom. The molecule has 4 aliphatic heterocycles. The van der Waals surface area contributed by atoms with E-state index in [-0.39, 0.29) is 0 Å². The molecule has 4 saturated heterocycles. The Bertz CT molecular complexity index is 910. The normalized spacial score (nSPS) is 51.2. The van der Waals surface area contributed by atoms with Gasteiger partial charge in [-0.2, -0.15) is 0 Å². The van der Waals surface area contributed by atoms with E-state index in [1.165, 1.54) is 0 Å². The predicted molar refractivity (Wildman–Crippen MR) is 127 cm³/mol. The van der Waals surface area contributed by atoms with Crippen molar-refractivity contribution in [1.82, 2.24) is 0 Å². The maximum absolute atomic E-state index is 12.3. The number of rotatable bonds is 8. The summed E-state index contributed by atoms with van der Waals surface area (Å²) in [6, 6.07) is 0. The van der Waals surface area contributed by atoms with Gasteiger partial charge in [0.05, 0.1) is 26.9 Å². The minimum absolute atomic E-state index is 0.485. The number of aliphatic hydroxyl groups excluding tert-OH is 11. The van der Waals surface area contributed by atoms with E-state index in [9.17, 15) is 61.0 Å². The lowest BCUT2D eigenvalue weighted by Crippen LogP contribution is -2.67.